The molecule has 1 heterocycles. The molecule has 0 bridgehead atoms. The van der Waals surface area contributed by atoms with Gasteiger partial charge in [-0.25, -0.2) is 0 Å². The fraction of sp³-hybridized carbons (Fsp3) is 0.385. The van der Waals surface area contributed by atoms with Crippen LogP contribution in [0.25, 0.3) is 0 Å². The molecule has 0 aromatic heterocycles. The van der Waals surface area contributed by atoms with Crippen molar-refractivity contribution in [1.29, 1.82) is 0 Å². The van der Waals surface area contributed by atoms with Gasteiger partial charge in [0.15, 0.2) is 0 Å². The zero-order chi connectivity index (χ0) is 12.1. The van der Waals surface area contributed by atoms with E-state index >= 15 is 0 Å². The Labute approximate surface area is 111 Å². The minimum atomic E-state index is 0.0854. The number of amides is 1. The molecular weight excluding hydrogens is 303 g/mol. The minimum absolute atomic E-state index is 0.0854. The summed E-state index contributed by atoms with van der Waals surface area (Å²) < 4.78 is 7.48. The van der Waals surface area contributed by atoms with Crippen LogP contribution in [0, 0.1) is 0 Å². The predicted octanol–water partition coefficient (Wildman–Crippen LogP) is 1.38. The summed E-state index contributed by atoms with van der Waals surface area (Å²) in [5, 5.41) is 0. The van der Waals surface area contributed by atoms with Crippen LogP contribution in [0.3, 0.4) is 0 Å². The van der Waals surface area contributed by atoms with Crippen LogP contribution in [0.15, 0.2) is 24.3 Å². The van der Waals surface area contributed by atoms with Crippen molar-refractivity contribution in [3.05, 3.63) is 29.8 Å². The summed E-state index contributed by atoms with van der Waals surface area (Å²) in [6, 6.07) is 7.71. The van der Waals surface area contributed by atoms with Gasteiger partial charge in [0.2, 0.25) is 0 Å². The second-order valence-corrected chi connectivity index (χ2v) is 4.52. The quantitative estimate of drug-likeness (QED) is 0.785. The molecule has 1 aliphatic heterocycles. The number of para-hydroxylation sites is 1. The first kappa shape index (κ1) is 12.4. The van der Waals surface area contributed by atoms with Crippen molar-refractivity contribution in [3.63, 3.8) is 0 Å². The molecule has 0 N–H and O–H groups in total. The number of carbonyl (C=O) groups excluding carboxylic acids is 1. The van der Waals surface area contributed by atoms with E-state index in [0.717, 1.165) is 37.2 Å². The molecule has 0 radical (unpaired) electrons. The topological polar surface area (TPSA) is 29.5 Å². The molecule has 1 aliphatic rings. The van der Waals surface area contributed by atoms with Crippen molar-refractivity contribution in [3.8, 4) is 5.75 Å². The SMILES string of the molecule is O=C(COc1ccccc1[CH]=[Ru+])N1CCCC1. The monoisotopic (exact) mass is 319 g/mol. The van der Waals surface area contributed by atoms with Gasteiger partial charge in [0.25, 0.3) is 0 Å². The molecule has 1 amide bonds. The van der Waals surface area contributed by atoms with Crippen LogP contribution >= 0.6 is 0 Å². The van der Waals surface area contributed by atoms with Crippen molar-refractivity contribution >= 4 is 10.5 Å². The first-order chi connectivity index (χ1) is 8.31. The third-order valence-electron chi connectivity index (χ3n) is 2.84. The molecule has 1 saturated heterocycles. The van der Waals surface area contributed by atoms with Crippen LogP contribution in [-0.4, -0.2) is 35.1 Å². The molecule has 1 aromatic carbocycles. The molecular formula is C13H15NO2Ru+. The van der Waals surface area contributed by atoms with E-state index in [9.17, 15) is 4.79 Å². The second kappa shape index (κ2) is 6.06. The third-order valence-corrected chi connectivity index (χ3v) is 3.38. The van der Waals surface area contributed by atoms with Crippen molar-refractivity contribution in [2.45, 2.75) is 12.8 Å². The maximum absolute atomic E-state index is 11.8. The van der Waals surface area contributed by atoms with Gasteiger partial charge in [-0.1, -0.05) is 0 Å². The van der Waals surface area contributed by atoms with Crippen LogP contribution < -0.4 is 4.74 Å². The average Bonchev–Trinajstić information content (AvgIpc) is 2.90. The Kier molecular flexibility index (Phi) is 4.44. The molecule has 0 spiro atoms. The van der Waals surface area contributed by atoms with Crippen molar-refractivity contribution in [2.24, 2.45) is 0 Å². The first-order valence-electron chi connectivity index (χ1n) is 5.73. The summed E-state index contributed by atoms with van der Waals surface area (Å²) in [5.41, 5.74) is 0.998. The molecule has 0 unspecified atom stereocenters. The summed E-state index contributed by atoms with van der Waals surface area (Å²) in [4.78, 5) is 13.7. The van der Waals surface area contributed by atoms with E-state index in [1.807, 2.05) is 33.8 Å². The second-order valence-electron chi connectivity index (χ2n) is 4.02. The van der Waals surface area contributed by atoms with Gasteiger partial charge in [0, 0.05) is 0 Å². The predicted molar refractivity (Wildman–Crippen MR) is 62.9 cm³/mol. The number of likely N-dealkylation sites (tertiary alicyclic amines) is 1. The van der Waals surface area contributed by atoms with E-state index in [2.05, 4.69) is 17.9 Å². The van der Waals surface area contributed by atoms with Crippen LogP contribution in [0.4, 0.5) is 0 Å². The fourth-order valence-corrected chi connectivity index (χ4v) is 2.31. The van der Waals surface area contributed by atoms with E-state index in [1.165, 1.54) is 0 Å². The molecule has 3 nitrogen and oxygen atoms in total. The van der Waals surface area contributed by atoms with Gasteiger partial charge in [-0.15, -0.1) is 0 Å². The molecule has 1 aromatic rings. The number of hydrogen-bond acceptors (Lipinski definition) is 2. The Hall–Kier alpha value is -1.02. The molecule has 91 valence electrons. The van der Waals surface area contributed by atoms with E-state index in [0.29, 0.717) is 0 Å². The fourth-order valence-electron chi connectivity index (χ4n) is 1.89. The first-order valence-corrected chi connectivity index (χ1v) is 6.73. The standard InChI is InChI=1S/C13H15NO2.Ru/c1-11-6-2-3-7-12(11)16-10-13(15)14-8-4-5-9-14;/h1-3,6-7H,4-5,8-10H2;/q;+1. The number of rotatable bonds is 4. The molecule has 0 aliphatic carbocycles. The van der Waals surface area contributed by atoms with Gasteiger partial charge < -0.3 is 0 Å². The molecule has 4 heteroatoms. The molecule has 17 heavy (non-hydrogen) atoms. The Morgan fingerprint density at radius 3 is 2.76 bits per heavy atom. The maximum atomic E-state index is 11.8. The summed E-state index contributed by atoms with van der Waals surface area (Å²) in [7, 11) is 0. The van der Waals surface area contributed by atoms with Crippen molar-refractivity contribution < 1.29 is 27.4 Å². The van der Waals surface area contributed by atoms with Gasteiger partial charge in [0.1, 0.15) is 0 Å². The van der Waals surface area contributed by atoms with Crippen molar-refractivity contribution in [1.82, 2.24) is 4.90 Å². The van der Waals surface area contributed by atoms with Gasteiger partial charge in [-0.05, 0) is 0 Å². The number of nitrogens with zero attached hydrogens (tertiary/aromatic N) is 1. The summed E-state index contributed by atoms with van der Waals surface area (Å²) in [5.74, 6) is 0.848. The molecule has 0 atom stereocenters. The Morgan fingerprint density at radius 2 is 2.06 bits per heavy atom. The molecule has 1 fully saturated rings. The van der Waals surface area contributed by atoms with Crippen LogP contribution in [-0.2, 0) is 22.6 Å². The van der Waals surface area contributed by atoms with E-state index in [1.54, 1.807) is 0 Å². The van der Waals surface area contributed by atoms with Crippen molar-refractivity contribution in [2.75, 3.05) is 19.7 Å². The summed E-state index contributed by atoms with van der Waals surface area (Å²) >= 11 is 2.46. The Morgan fingerprint density at radius 1 is 1.35 bits per heavy atom. The number of carbonyl (C=O) groups is 1. The summed E-state index contributed by atoms with van der Waals surface area (Å²) in [6.07, 6.45) is 2.23. The normalized spacial score (nSPS) is 14.7. The number of benzene rings is 1. The zero-order valence-electron chi connectivity index (χ0n) is 9.54. The van der Waals surface area contributed by atoms with E-state index < -0.39 is 0 Å². The Balaban J connectivity index is 1.92. The summed E-state index contributed by atoms with van der Waals surface area (Å²) in [6.45, 7) is 1.89. The number of ether oxygens (including phenoxy) is 1. The zero-order valence-corrected chi connectivity index (χ0v) is 11.3. The van der Waals surface area contributed by atoms with Gasteiger partial charge >= 0.3 is 111 Å². The number of hydrogen-bond donors (Lipinski definition) is 0. The van der Waals surface area contributed by atoms with Gasteiger partial charge in [0.05, 0.1) is 0 Å². The van der Waals surface area contributed by atoms with E-state index in [-0.39, 0.29) is 12.5 Å². The van der Waals surface area contributed by atoms with Crippen LogP contribution in [0.1, 0.15) is 18.4 Å². The molecule has 0 saturated carbocycles. The third kappa shape index (κ3) is 3.23. The molecule has 2 rings (SSSR count). The van der Waals surface area contributed by atoms with E-state index in [4.69, 9.17) is 4.74 Å². The van der Waals surface area contributed by atoms with Gasteiger partial charge in [-0.3, -0.25) is 0 Å². The average molecular weight is 318 g/mol. The Bertz CT molecular complexity index is 414. The van der Waals surface area contributed by atoms with Gasteiger partial charge in [-0.2, -0.15) is 0 Å². The van der Waals surface area contributed by atoms with Crippen LogP contribution in [0.2, 0.25) is 0 Å². The van der Waals surface area contributed by atoms with Crippen LogP contribution in [0.5, 0.6) is 5.75 Å².